The summed E-state index contributed by atoms with van der Waals surface area (Å²) in [5.74, 6) is 0.821. The zero-order chi connectivity index (χ0) is 12.1. The molecule has 0 saturated carbocycles. The van der Waals surface area contributed by atoms with E-state index in [2.05, 4.69) is 16.4 Å². The number of nitrogen functional groups attached to an aromatic ring is 1. The van der Waals surface area contributed by atoms with E-state index in [0.717, 1.165) is 30.2 Å². The van der Waals surface area contributed by atoms with E-state index in [1.165, 1.54) is 25.7 Å². The third-order valence-electron chi connectivity index (χ3n) is 3.19. The molecule has 2 rings (SSSR count). The van der Waals surface area contributed by atoms with Crippen LogP contribution in [0.3, 0.4) is 0 Å². The monoisotopic (exact) mass is 231 g/mol. The molecule has 0 unspecified atom stereocenters. The Morgan fingerprint density at radius 1 is 1.35 bits per heavy atom. The summed E-state index contributed by atoms with van der Waals surface area (Å²) in [5.41, 5.74) is 9.18. The van der Waals surface area contributed by atoms with Crippen molar-refractivity contribution < 1.29 is 0 Å². The zero-order valence-corrected chi connectivity index (χ0v) is 10.5. The van der Waals surface area contributed by atoms with Crippen molar-refractivity contribution in [1.82, 2.24) is 4.98 Å². The fourth-order valence-electron chi connectivity index (χ4n) is 2.18. The fraction of sp³-hybridized carbons (Fsp3) is 0.500. The lowest BCUT2D eigenvalue weighted by Gasteiger charge is -2.14. The maximum atomic E-state index is 5.87. The quantitative estimate of drug-likeness (QED) is 0.782. The molecule has 1 aliphatic rings. The van der Waals surface area contributed by atoms with E-state index in [0.29, 0.717) is 0 Å². The average Bonchev–Trinajstić information content (AvgIpc) is 2.35. The van der Waals surface area contributed by atoms with Gasteiger partial charge in [-0.05, 0) is 51.2 Å². The number of nitrogens with two attached hydrogens (primary N) is 1. The topological polar surface area (TPSA) is 50.9 Å². The van der Waals surface area contributed by atoms with Crippen LogP contribution in [0.15, 0.2) is 23.8 Å². The first-order valence-electron chi connectivity index (χ1n) is 6.40. The largest absolute Gasteiger partial charge is 0.396 e. The molecule has 1 aromatic rings. The first kappa shape index (κ1) is 12.0. The molecule has 92 valence electrons. The molecule has 1 aromatic heterocycles. The van der Waals surface area contributed by atoms with E-state index in [-0.39, 0.29) is 0 Å². The molecule has 3 N–H and O–H groups in total. The molecule has 3 heteroatoms. The number of aryl methyl sites for hydroxylation is 1. The summed E-state index contributed by atoms with van der Waals surface area (Å²) in [4.78, 5) is 4.40. The summed E-state index contributed by atoms with van der Waals surface area (Å²) in [6, 6.07) is 3.84. The lowest BCUT2D eigenvalue weighted by molar-refractivity contribution is 0.679. The highest BCUT2D eigenvalue weighted by Crippen LogP contribution is 2.21. The minimum absolute atomic E-state index is 0.730. The van der Waals surface area contributed by atoms with Crippen molar-refractivity contribution in [2.45, 2.75) is 39.0 Å². The van der Waals surface area contributed by atoms with Gasteiger partial charge < -0.3 is 11.1 Å². The smallest absolute Gasteiger partial charge is 0.149 e. The molecule has 1 heterocycles. The Hall–Kier alpha value is -1.51. The zero-order valence-electron chi connectivity index (χ0n) is 10.5. The van der Waals surface area contributed by atoms with Crippen LogP contribution in [0.1, 0.15) is 37.8 Å². The molecule has 0 amide bonds. The lowest BCUT2D eigenvalue weighted by Crippen LogP contribution is -2.08. The van der Waals surface area contributed by atoms with Crippen molar-refractivity contribution >= 4 is 11.5 Å². The average molecular weight is 231 g/mol. The van der Waals surface area contributed by atoms with Crippen molar-refractivity contribution in [2.75, 3.05) is 17.6 Å². The van der Waals surface area contributed by atoms with Gasteiger partial charge in [0, 0.05) is 12.2 Å². The van der Waals surface area contributed by atoms with E-state index in [9.17, 15) is 0 Å². The molecule has 1 aliphatic carbocycles. The Bertz CT molecular complexity index is 410. The third-order valence-corrected chi connectivity index (χ3v) is 3.19. The fourth-order valence-corrected chi connectivity index (χ4v) is 2.18. The highest BCUT2D eigenvalue weighted by atomic mass is 15.0. The Morgan fingerprint density at radius 3 is 3.00 bits per heavy atom. The van der Waals surface area contributed by atoms with E-state index in [1.54, 1.807) is 5.57 Å². The standard InChI is InChI=1S/C14H21N3/c1-11-7-8-13(15)14(17-11)16-10-9-12-5-3-2-4-6-12/h5,7-8H,2-4,6,9-10,15H2,1H3,(H,16,17). The van der Waals surface area contributed by atoms with Crippen LogP contribution in [-0.4, -0.2) is 11.5 Å². The van der Waals surface area contributed by atoms with Gasteiger partial charge in [0.1, 0.15) is 5.82 Å². The highest BCUT2D eigenvalue weighted by Gasteiger charge is 2.04. The van der Waals surface area contributed by atoms with Crippen LogP contribution in [0.25, 0.3) is 0 Å². The van der Waals surface area contributed by atoms with E-state index < -0.39 is 0 Å². The number of hydrogen-bond acceptors (Lipinski definition) is 3. The molecular formula is C14H21N3. The van der Waals surface area contributed by atoms with Crippen LogP contribution in [0.2, 0.25) is 0 Å². The lowest BCUT2D eigenvalue weighted by atomic mass is 9.97. The summed E-state index contributed by atoms with van der Waals surface area (Å²) < 4.78 is 0. The molecule has 0 atom stereocenters. The minimum atomic E-state index is 0.730. The first-order valence-corrected chi connectivity index (χ1v) is 6.40. The van der Waals surface area contributed by atoms with Crippen molar-refractivity contribution in [3.8, 4) is 0 Å². The minimum Gasteiger partial charge on any atom is -0.396 e. The summed E-state index contributed by atoms with van der Waals surface area (Å²) in [6.45, 7) is 2.90. The molecule has 0 bridgehead atoms. The molecule has 0 radical (unpaired) electrons. The van der Waals surface area contributed by atoms with Gasteiger partial charge >= 0.3 is 0 Å². The van der Waals surface area contributed by atoms with Crippen LogP contribution in [0, 0.1) is 6.92 Å². The normalized spacial score (nSPS) is 15.5. The number of hydrogen-bond donors (Lipinski definition) is 2. The predicted octanol–water partition coefficient (Wildman–Crippen LogP) is 3.27. The molecule has 0 saturated heterocycles. The summed E-state index contributed by atoms with van der Waals surface area (Å²) >= 11 is 0. The van der Waals surface area contributed by atoms with Crippen molar-refractivity contribution in [1.29, 1.82) is 0 Å². The van der Waals surface area contributed by atoms with Gasteiger partial charge in [-0.25, -0.2) is 4.98 Å². The molecular weight excluding hydrogens is 210 g/mol. The second-order valence-corrected chi connectivity index (χ2v) is 4.68. The predicted molar refractivity (Wildman–Crippen MR) is 73.0 cm³/mol. The molecule has 3 nitrogen and oxygen atoms in total. The Balaban J connectivity index is 1.85. The second-order valence-electron chi connectivity index (χ2n) is 4.68. The van der Waals surface area contributed by atoms with Crippen molar-refractivity contribution in [3.05, 3.63) is 29.5 Å². The van der Waals surface area contributed by atoms with E-state index in [4.69, 9.17) is 5.73 Å². The van der Waals surface area contributed by atoms with Gasteiger partial charge in [0.05, 0.1) is 5.69 Å². The van der Waals surface area contributed by atoms with Crippen LogP contribution in [-0.2, 0) is 0 Å². The van der Waals surface area contributed by atoms with Gasteiger partial charge in [-0.2, -0.15) is 0 Å². The summed E-state index contributed by atoms with van der Waals surface area (Å²) in [7, 11) is 0. The Morgan fingerprint density at radius 2 is 2.24 bits per heavy atom. The van der Waals surface area contributed by atoms with Gasteiger partial charge in [0.15, 0.2) is 0 Å². The van der Waals surface area contributed by atoms with E-state index >= 15 is 0 Å². The van der Waals surface area contributed by atoms with Crippen LogP contribution < -0.4 is 11.1 Å². The van der Waals surface area contributed by atoms with Gasteiger partial charge in [0.25, 0.3) is 0 Å². The maximum Gasteiger partial charge on any atom is 0.149 e. The maximum absolute atomic E-state index is 5.87. The second kappa shape index (κ2) is 5.71. The molecule has 0 spiro atoms. The van der Waals surface area contributed by atoms with Gasteiger partial charge in [-0.1, -0.05) is 11.6 Å². The number of rotatable bonds is 4. The van der Waals surface area contributed by atoms with Crippen LogP contribution >= 0.6 is 0 Å². The number of pyridine rings is 1. The molecule has 17 heavy (non-hydrogen) atoms. The van der Waals surface area contributed by atoms with Crippen LogP contribution in [0.4, 0.5) is 11.5 Å². The number of anilines is 2. The van der Waals surface area contributed by atoms with Gasteiger partial charge in [-0.3, -0.25) is 0 Å². The van der Waals surface area contributed by atoms with Crippen molar-refractivity contribution in [3.63, 3.8) is 0 Å². The third kappa shape index (κ3) is 3.48. The number of nitrogens with zero attached hydrogens (tertiary/aromatic N) is 1. The number of nitrogens with one attached hydrogen (secondary N) is 1. The molecule has 0 aliphatic heterocycles. The van der Waals surface area contributed by atoms with Gasteiger partial charge in [0.2, 0.25) is 0 Å². The van der Waals surface area contributed by atoms with Gasteiger partial charge in [-0.15, -0.1) is 0 Å². The van der Waals surface area contributed by atoms with Crippen LogP contribution in [0.5, 0.6) is 0 Å². The number of aromatic nitrogens is 1. The summed E-state index contributed by atoms with van der Waals surface area (Å²) in [5, 5.41) is 3.32. The first-order chi connectivity index (χ1) is 8.25. The highest BCUT2D eigenvalue weighted by molar-refractivity contribution is 5.61. The SMILES string of the molecule is Cc1ccc(N)c(NCCC2=CCCCC2)n1. The Labute approximate surface area is 103 Å². The molecule has 0 fully saturated rings. The van der Waals surface area contributed by atoms with Crippen molar-refractivity contribution in [2.24, 2.45) is 0 Å². The van der Waals surface area contributed by atoms with E-state index in [1.807, 2.05) is 19.1 Å². The summed E-state index contributed by atoms with van der Waals surface area (Å²) in [6.07, 6.45) is 8.70. The molecule has 0 aromatic carbocycles. The Kier molecular flexibility index (Phi) is 4.02. The number of allylic oxidation sites excluding steroid dienone is 1.